The summed E-state index contributed by atoms with van der Waals surface area (Å²) < 4.78 is 51.9. The number of nitrogens with one attached hydrogen (secondary N) is 1. The van der Waals surface area contributed by atoms with Crippen LogP contribution in [0.4, 0.5) is 23.2 Å². The first kappa shape index (κ1) is 13.9. The number of benzene rings is 1. The molecule has 0 saturated carbocycles. The summed E-state index contributed by atoms with van der Waals surface area (Å²) in [5.74, 6) is -0.805. The number of aromatic nitrogens is 1. The average Bonchev–Trinajstić information content (AvgIpc) is 2.29. The SMILES string of the molecule is CNc1c(C)c(C(F)(F)F)nc2cc(F)c(Cl)cc12. The molecule has 102 valence electrons. The van der Waals surface area contributed by atoms with Crippen molar-refractivity contribution in [3.63, 3.8) is 0 Å². The molecule has 0 aliphatic rings. The largest absolute Gasteiger partial charge is 0.433 e. The van der Waals surface area contributed by atoms with E-state index in [0.717, 1.165) is 6.07 Å². The summed E-state index contributed by atoms with van der Waals surface area (Å²) in [6, 6.07) is 2.16. The third-order valence-corrected chi connectivity index (χ3v) is 3.08. The Morgan fingerprint density at radius 2 is 1.89 bits per heavy atom. The molecule has 0 radical (unpaired) electrons. The highest BCUT2D eigenvalue weighted by atomic mass is 35.5. The van der Waals surface area contributed by atoms with E-state index in [1.807, 2.05) is 0 Å². The number of fused-ring (bicyclic) bond motifs is 1. The summed E-state index contributed by atoms with van der Waals surface area (Å²) in [7, 11) is 1.49. The van der Waals surface area contributed by atoms with Crippen molar-refractivity contribution in [3.05, 3.63) is 34.2 Å². The molecule has 0 fully saturated rings. The number of pyridine rings is 1. The first-order valence-electron chi connectivity index (χ1n) is 5.30. The molecule has 0 atom stereocenters. The van der Waals surface area contributed by atoms with Crippen LogP contribution in [0, 0.1) is 12.7 Å². The maximum atomic E-state index is 13.3. The van der Waals surface area contributed by atoms with Gasteiger partial charge in [-0.2, -0.15) is 13.2 Å². The van der Waals surface area contributed by atoms with E-state index in [-0.39, 0.29) is 21.8 Å². The predicted molar refractivity (Wildman–Crippen MR) is 66.0 cm³/mol. The third-order valence-electron chi connectivity index (χ3n) is 2.79. The first-order chi connectivity index (χ1) is 8.75. The van der Waals surface area contributed by atoms with Gasteiger partial charge in [0.2, 0.25) is 0 Å². The Balaban J connectivity index is 2.91. The zero-order chi connectivity index (χ0) is 14.4. The summed E-state index contributed by atoms with van der Waals surface area (Å²) in [4.78, 5) is 3.49. The van der Waals surface area contributed by atoms with Crippen LogP contribution in [-0.4, -0.2) is 12.0 Å². The second-order valence-electron chi connectivity index (χ2n) is 3.99. The lowest BCUT2D eigenvalue weighted by molar-refractivity contribution is -0.141. The van der Waals surface area contributed by atoms with Gasteiger partial charge in [-0.05, 0) is 13.0 Å². The van der Waals surface area contributed by atoms with Gasteiger partial charge in [0.15, 0.2) is 0 Å². The van der Waals surface area contributed by atoms with Gasteiger partial charge in [-0.25, -0.2) is 9.37 Å². The number of hydrogen-bond donors (Lipinski definition) is 1. The molecule has 7 heteroatoms. The highest BCUT2D eigenvalue weighted by molar-refractivity contribution is 6.31. The molecule has 0 spiro atoms. The van der Waals surface area contributed by atoms with Gasteiger partial charge in [0.25, 0.3) is 0 Å². The number of hydrogen-bond acceptors (Lipinski definition) is 2. The van der Waals surface area contributed by atoms with Crippen molar-refractivity contribution in [1.82, 2.24) is 4.98 Å². The number of rotatable bonds is 1. The van der Waals surface area contributed by atoms with E-state index in [0.29, 0.717) is 5.39 Å². The van der Waals surface area contributed by atoms with Gasteiger partial charge in [0, 0.05) is 29.8 Å². The maximum absolute atomic E-state index is 13.3. The molecular formula is C12H9ClF4N2. The number of alkyl halides is 3. The minimum atomic E-state index is -4.60. The molecule has 2 aromatic rings. The Morgan fingerprint density at radius 1 is 1.26 bits per heavy atom. The fourth-order valence-electron chi connectivity index (χ4n) is 1.95. The van der Waals surface area contributed by atoms with Crippen molar-refractivity contribution in [2.45, 2.75) is 13.1 Å². The summed E-state index contributed by atoms with van der Waals surface area (Å²) >= 11 is 5.65. The molecule has 1 aromatic carbocycles. The van der Waals surface area contributed by atoms with Crippen LogP contribution in [0.2, 0.25) is 5.02 Å². The van der Waals surface area contributed by atoms with Crippen molar-refractivity contribution in [3.8, 4) is 0 Å². The van der Waals surface area contributed by atoms with Crippen LogP contribution in [0.1, 0.15) is 11.3 Å². The van der Waals surface area contributed by atoms with Gasteiger partial charge in [0.05, 0.1) is 10.5 Å². The van der Waals surface area contributed by atoms with Gasteiger partial charge in [0.1, 0.15) is 11.5 Å². The van der Waals surface area contributed by atoms with E-state index in [1.165, 1.54) is 20.0 Å². The van der Waals surface area contributed by atoms with Crippen LogP contribution in [0.25, 0.3) is 10.9 Å². The normalized spacial score (nSPS) is 11.9. The Labute approximate surface area is 111 Å². The number of anilines is 1. The summed E-state index contributed by atoms with van der Waals surface area (Å²) in [5, 5.41) is 2.86. The van der Waals surface area contributed by atoms with Crippen LogP contribution < -0.4 is 5.32 Å². The van der Waals surface area contributed by atoms with Crippen LogP contribution in [0.5, 0.6) is 0 Å². The highest BCUT2D eigenvalue weighted by Crippen LogP contribution is 2.37. The van der Waals surface area contributed by atoms with E-state index in [9.17, 15) is 17.6 Å². The molecule has 2 nitrogen and oxygen atoms in total. The van der Waals surface area contributed by atoms with E-state index >= 15 is 0 Å². The lowest BCUT2D eigenvalue weighted by atomic mass is 10.1. The Morgan fingerprint density at radius 3 is 2.42 bits per heavy atom. The zero-order valence-electron chi connectivity index (χ0n) is 9.99. The van der Waals surface area contributed by atoms with Gasteiger partial charge in [-0.1, -0.05) is 11.6 Å². The van der Waals surface area contributed by atoms with Gasteiger partial charge < -0.3 is 5.32 Å². The lowest BCUT2D eigenvalue weighted by Gasteiger charge is -2.16. The second kappa shape index (κ2) is 4.52. The van der Waals surface area contributed by atoms with Crippen LogP contribution in [0.15, 0.2) is 12.1 Å². The molecular weight excluding hydrogens is 284 g/mol. The van der Waals surface area contributed by atoms with Crippen molar-refractivity contribution in [1.29, 1.82) is 0 Å². The number of nitrogens with zero attached hydrogens (tertiary/aromatic N) is 1. The topological polar surface area (TPSA) is 24.9 Å². The molecule has 1 heterocycles. The van der Waals surface area contributed by atoms with Gasteiger partial charge in [-0.3, -0.25) is 0 Å². The smallest absolute Gasteiger partial charge is 0.387 e. The third kappa shape index (κ3) is 2.32. The van der Waals surface area contributed by atoms with E-state index in [1.54, 1.807) is 0 Å². The lowest BCUT2D eigenvalue weighted by Crippen LogP contribution is -2.12. The molecule has 0 saturated heterocycles. The van der Waals surface area contributed by atoms with E-state index in [2.05, 4.69) is 10.3 Å². The molecule has 0 aliphatic heterocycles. The van der Waals surface area contributed by atoms with E-state index < -0.39 is 17.7 Å². The first-order valence-corrected chi connectivity index (χ1v) is 5.67. The predicted octanol–water partition coefficient (Wildman–Crippen LogP) is 4.40. The standard InChI is InChI=1S/C12H9ClF4N2/c1-5-10(18-2)6-3-7(13)8(14)4-9(6)19-11(5)12(15,16)17/h3-4H,1-2H3,(H,18,19). The fourth-order valence-corrected chi connectivity index (χ4v) is 2.12. The summed E-state index contributed by atoms with van der Waals surface area (Å²) in [6.07, 6.45) is -4.60. The maximum Gasteiger partial charge on any atom is 0.433 e. The van der Waals surface area contributed by atoms with Crippen LogP contribution in [0.3, 0.4) is 0 Å². The Bertz CT molecular complexity index is 652. The molecule has 0 amide bonds. The minimum Gasteiger partial charge on any atom is -0.387 e. The minimum absolute atomic E-state index is 0.0508. The second-order valence-corrected chi connectivity index (χ2v) is 4.40. The number of halogens is 5. The fraction of sp³-hybridized carbons (Fsp3) is 0.250. The summed E-state index contributed by atoms with van der Waals surface area (Å²) in [5.41, 5.74) is -0.945. The molecule has 0 bridgehead atoms. The van der Waals surface area contributed by atoms with Crippen LogP contribution >= 0.6 is 11.6 Å². The Kier molecular flexibility index (Phi) is 3.30. The average molecular weight is 293 g/mol. The van der Waals surface area contributed by atoms with Crippen molar-refractivity contribution < 1.29 is 17.6 Å². The van der Waals surface area contributed by atoms with Crippen LogP contribution in [-0.2, 0) is 6.18 Å². The molecule has 1 aromatic heterocycles. The van der Waals surface area contributed by atoms with E-state index in [4.69, 9.17) is 11.6 Å². The molecule has 0 aliphatic carbocycles. The monoisotopic (exact) mass is 292 g/mol. The van der Waals surface area contributed by atoms with Crippen molar-refractivity contribution >= 4 is 28.2 Å². The van der Waals surface area contributed by atoms with Gasteiger partial charge in [-0.15, -0.1) is 0 Å². The van der Waals surface area contributed by atoms with Crippen molar-refractivity contribution in [2.75, 3.05) is 12.4 Å². The molecule has 1 N–H and O–H groups in total. The van der Waals surface area contributed by atoms with Gasteiger partial charge >= 0.3 is 6.18 Å². The molecule has 19 heavy (non-hydrogen) atoms. The highest BCUT2D eigenvalue weighted by Gasteiger charge is 2.36. The molecule has 2 rings (SSSR count). The summed E-state index contributed by atoms with van der Waals surface area (Å²) in [6.45, 7) is 1.30. The zero-order valence-corrected chi connectivity index (χ0v) is 10.7. The van der Waals surface area contributed by atoms with Crippen molar-refractivity contribution in [2.24, 2.45) is 0 Å². The quantitative estimate of drug-likeness (QED) is 0.788. The molecule has 0 unspecified atom stereocenters. The Hall–Kier alpha value is -1.56.